The van der Waals surface area contributed by atoms with Gasteiger partial charge < -0.3 is 14.8 Å². The van der Waals surface area contributed by atoms with Gasteiger partial charge in [0.15, 0.2) is 5.69 Å². The van der Waals surface area contributed by atoms with Crippen LogP contribution in [0.5, 0.6) is 0 Å². The number of methoxy groups -OCH3 is 2. The zero-order valence-corrected chi connectivity index (χ0v) is 13.5. The molecule has 126 valence electrons. The fourth-order valence-corrected chi connectivity index (χ4v) is 2.02. The third kappa shape index (κ3) is 3.60. The lowest BCUT2D eigenvalue weighted by Gasteiger charge is -2.12. The average molecular weight is 331 g/mol. The van der Waals surface area contributed by atoms with Gasteiger partial charge in [0, 0.05) is 6.07 Å². The maximum atomic E-state index is 12.5. The lowest BCUT2D eigenvalue weighted by Crippen LogP contribution is -2.39. The van der Waals surface area contributed by atoms with Crippen LogP contribution in [0.4, 0.5) is 0 Å². The Kier molecular flexibility index (Phi) is 5.31. The van der Waals surface area contributed by atoms with E-state index in [0.717, 1.165) is 0 Å². The van der Waals surface area contributed by atoms with Gasteiger partial charge in [-0.1, -0.05) is 18.2 Å². The van der Waals surface area contributed by atoms with Crippen LogP contribution < -0.4 is 5.32 Å². The highest BCUT2D eigenvalue weighted by Gasteiger charge is 2.23. The first-order chi connectivity index (χ1) is 11.5. The van der Waals surface area contributed by atoms with Gasteiger partial charge in [-0.25, -0.2) is 14.3 Å². The van der Waals surface area contributed by atoms with E-state index in [1.807, 2.05) is 6.07 Å². The molecule has 0 bridgehead atoms. The van der Waals surface area contributed by atoms with Crippen LogP contribution in [-0.4, -0.2) is 47.9 Å². The first-order valence-corrected chi connectivity index (χ1v) is 7.10. The van der Waals surface area contributed by atoms with Gasteiger partial charge in [-0.2, -0.15) is 5.10 Å². The lowest BCUT2D eigenvalue weighted by atomic mass is 10.2. The number of carbonyl (C=O) groups excluding carboxylic acids is 3. The fraction of sp³-hybridized carbons (Fsp3) is 0.250. The third-order valence-electron chi connectivity index (χ3n) is 3.24. The van der Waals surface area contributed by atoms with Crippen LogP contribution in [0, 0.1) is 0 Å². The summed E-state index contributed by atoms with van der Waals surface area (Å²) >= 11 is 0. The third-order valence-corrected chi connectivity index (χ3v) is 3.24. The van der Waals surface area contributed by atoms with Crippen molar-refractivity contribution in [2.75, 3.05) is 14.2 Å². The number of ether oxygens (including phenoxy) is 2. The van der Waals surface area contributed by atoms with Crippen molar-refractivity contribution >= 4 is 17.8 Å². The first kappa shape index (κ1) is 17.2. The maximum Gasteiger partial charge on any atom is 0.358 e. The number of para-hydroxylation sites is 1. The molecule has 8 nitrogen and oxygen atoms in total. The van der Waals surface area contributed by atoms with Crippen molar-refractivity contribution in [1.82, 2.24) is 15.1 Å². The summed E-state index contributed by atoms with van der Waals surface area (Å²) in [5.41, 5.74) is 0.665. The molecule has 0 aliphatic rings. The molecule has 1 aromatic heterocycles. The number of aromatic nitrogens is 2. The summed E-state index contributed by atoms with van der Waals surface area (Å²) in [6.45, 7) is 1.49. The van der Waals surface area contributed by atoms with Crippen LogP contribution in [0.25, 0.3) is 5.69 Å². The zero-order chi connectivity index (χ0) is 17.7. The molecule has 0 unspecified atom stereocenters. The number of amides is 1. The van der Waals surface area contributed by atoms with Gasteiger partial charge in [-0.3, -0.25) is 4.79 Å². The molecule has 0 radical (unpaired) electrons. The van der Waals surface area contributed by atoms with Gasteiger partial charge in [0.1, 0.15) is 11.7 Å². The summed E-state index contributed by atoms with van der Waals surface area (Å²) in [6.07, 6.45) is 0. The number of benzene rings is 1. The van der Waals surface area contributed by atoms with E-state index in [1.54, 1.807) is 24.3 Å². The van der Waals surface area contributed by atoms with Crippen LogP contribution in [-0.2, 0) is 14.3 Å². The molecule has 0 saturated heterocycles. The summed E-state index contributed by atoms with van der Waals surface area (Å²) in [5, 5.41) is 6.61. The molecule has 1 N–H and O–H groups in total. The van der Waals surface area contributed by atoms with E-state index >= 15 is 0 Å². The molecule has 0 spiro atoms. The lowest BCUT2D eigenvalue weighted by molar-refractivity contribution is -0.142. The molecule has 24 heavy (non-hydrogen) atoms. The van der Waals surface area contributed by atoms with Crippen molar-refractivity contribution in [1.29, 1.82) is 0 Å². The van der Waals surface area contributed by atoms with Gasteiger partial charge in [0.25, 0.3) is 5.91 Å². The summed E-state index contributed by atoms with van der Waals surface area (Å²) < 4.78 is 10.5. The molecule has 0 aliphatic heterocycles. The highest BCUT2D eigenvalue weighted by molar-refractivity contribution is 5.98. The van der Waals surface area contributed by atoms with E-state index in [-0.39, 0.29) is 11.4 Å². The monoisotopic (exact) mass is 331 g/mol. The molecule has 2 rings (SSSR count). The minimum absolute atomic E-state index is 0.0165. The minimum atomic E-state index is -0.844. The molecule has 2 aromatic rings. The maximum absolute atomic E-state index is 12.5. The quantitative estimate of drug-likeness (QED) is 0.819. The largest absolute Gasteiger partial charge is 0.467 e. The number of nitrogens with zero attached hydrogens (tertiary/aromatic N) is 2. The molecular formula is C16H17N3O5. The van der Waals surface area contributed by atoms with E-state index in [4.69, 9.17) is 0 Å². The van der Waals surface area contributed by atoms with Crippen molar-refractivity contribution in [3.63, 3.8) is 0 Å². The minimum Gasteiger partial charge on any atom is -0.467 e. The molecular weight excluding hydrogens is 314 g/mol. The van der Waals surface area contributed by atoms with Crippen LogP contribution in [0.15, 0.2) is 36.4 Å². The van der Waals surface area contributed by atoms with Crippen LogP contribution in [0.2, 0.25) is 0 Å². The first-order valence-electron chi connectivity index (χ1n) is 7.10. The van der Waals surface area contributed by atoms with Crippen molar-refractivity contribution < 1.29 is 23.9 Å². The number of hydrogen-bond acceptors (Lipinski definition) is 6. The summed E-state index contributed by atoms with van der Waals surface area (Å²) in [7, 11) is 2.46. The Bertz CT molecular complexity index is 754. The topological polar surface area (TPSA) is 99.5 Å². The predicted octanol–water partition coefficient (Wildman–Crippen LogP) is 0.950. The summed E-state index contributed by atoms with van der Waals surface area (Å²) in [6, 6.07) is 9.28. The Hall–Kier alpha value is -3.16. The standard InChI is InChI=1S/C16H17N3O5/c1-10(15(21)23-2)17-14(20)13-9-12(16(22)24-3)18-19(13)11-7-5-4-6-8-11/h4-10H,1-3H3,(H,17,20)/t10-/m0/s1. The normalized spacial score (nSPS) is 11.5. The molecule has 0 aliphatic carbocycles. The second kappa shape index (κ2) is 7.40. The van der Waals surface area contributed by atoms with Crippen LogP contribution in [0.3, 0.4) is 0 Å². The Morgan fingerprint density at radius 3 is 2.38 bits per heavy atom. The molecule has 1 aromatic carbocycles. The Morgan fingerprint density at radius 1 is 1.12 bits per heavy atom. The van der Waals surface area contributed by atoms with Gasteiger partial charge in [-0.15, -0.1) is 0 Å². The van der Waals surface area contributed by atoms with Gasteiger partial charge in [0.2, 0.25) is 0 Å². The zero-order valence-electron chi connectivity index (χ0n) is 13.5. The molecule has 0 fully saturated rings. The Labute approximate surface area is 138 Å². The molecule has 1 atom stereocenters. The number of rotatable bonds is 5. The van der Waals surface area contributed by atoms with Gasteiger partial charge in [-0.05, 0) is 19.1 Å². The molecule has 8 heteroatoms. The second-order valence-electron chi connectivity index (χ2n) is 4.87. The van der Waals surface area contributed by atoms with Crippen molar-refractivity contribution in [2.45, 2.75) is 13.0 Å². The van der Waals surface area contributed by atoms with Crippen molar-refractivity contribution in [2.24, 2.45) is 0 Å². The predicted molar refractivity (Wildman–Crippen MR) is 83.8 cm³/mol. The molecule has 1 amide bonds. The highest BCUT2D eigenvalue weighted by atomic mass is 16.5. The Morgan fingerprint density at radius 2 is 1.79 bits per heavy atom. The van der Waals surface area contributed by atoms with Crippen molar-refractivity contribution in [3.8, 4) is 5.69 Å². The summed E-state index contributed by atoms with van der Waals surface area (Å²) in [4.78, 5) is 35.6. The van der Waals surface area contributed by atoms with Gasteiger partial charge >= 0.3 is 11.9 Å². The number of nitrogens with one attached hydrogen (secondary N) is 1. The molecule has 0 saturated carbocycles. The molecule has 1 heterocycles. The fourth-order valence-electron chi connectivity index (χ4n) is 2.02. The number of hydrogen-bond donors (Lipinski definition) is 1. The van der Waals surface area contributed by atoms with E-state index in [1.165, 1.54) is 31.9 Å². The van der Waals surface area contributed by atoms with Crippen LogP contribution >= 0.6 is 0 Å². The highest BCUT2D eigenvalue weighted by Crippen LogP contribution is 2.14. The van der Waals surface area contributed by atoms with E-state index in [0.29, 0.717) is 5.69 Å². The van der Waals surface area contributed by atoms with Crippen LogP contribution in [0.1, 0.15) is 27.9 Å². The smallest absolute Gasteiger partial charge is 0.358 e. The SMILES string of the molecule is COC(=O)c1cc(C(=O)N[C@@H](C)C(=O)OC)n(-c2ccccc2)n1. The Balaban J connectivity index is 2.40. The van der Waals surface area contributed by atoms with Crippen molar-refractivity contribution in [3.05, 3.63) is 47.8 Å². The summed E-state index contributed by atoms with van der Waals surface area (Å²) in [5.74, 6) is -1.82. The van der Waals surface area contributed by atoms with E-state index in [2.05, 4.69) is 19.9 Å². The van der Waals surface area contributed by atoms with E-state index < -0.39 is 23.9 Å². The number of esters is 2. The number of carbonyl (C=O) groups is 3. The second-order valence-corrected chi connectivity index (χ2v) is 4.87. The average Bonchev–Trinajstić information content (AvgIpc) is 3.06. The van der Waals surface area contributed by atoms with Gasteiger partial charge in [0.05, 0.1) is 19.9 Å². The van der Waals surface area contributed by atoms with E-state index in [9.17, 15) is 14.4 Å².